The lowest BCUT2D eigenvalue weighted by Gasteiger charge is -2.28. The molecule has 1 saturated carbocycles. The van der Waals surface area contributed by atoms with Crippen LogP contribution in [-0.4, -0.2) is 32.6 Å². The zero-order valence-electron chi connectivity index (χ0n) is 15.8. The molecule has 0 radical (unpaired) electrons. The van der Waals surface area contributed by atoms with Crippen molar-refractivity contribution in [1.82, 2.24) is 0 Å². The summed E-state index contributed by atoms with van der Waals surface area (Å²) in [5.41, 5.74) is -1.06. The molecular weight excluding hydrogens is 417 g/mol. The van der Waals surface area contributed by atoms with Crippen LogP contribution in [0.5, 0.6) is 0 Å². The van der Waals surface area contributed by atoms with Crippen LogP contribution in [0, 0.1) is 0 Å². The number of ether oxygens (including phenoxy) is 1. The van der Waals surface area contributed by atoms with Crippen molar-refractivity contribution in [2.75, 3.05) is 12.9 Å². The fourth-order valence-electron chi connectivity index (χ4n) is 3.68. The highest BCUT2D eigenvalue weighted by Crippen LogP contribution is 2.44. The number of halogens is 4. The van der Waals surface area contributed by atoms with Gasteiger partial charge in [-0.25, -0.2) is 8.42 Å². The maximum absolute atomic E-state index is 13.8. The summed E-state index contributed by atoms with van der Waals surface area (Å²) in [4.78, 5) is 11.4. The molecule has 1 aliphatic rings. The number of esters is 1. The van der Waals surface area contributed by atoms with Crippen LogP contribution in [0.3, 0.4) is 0 Å². The molecule has 158 valence electrons. The number of benzene rings is 1. The Morgan fingerprint density at radius 3 is 2.36 bits per heavy atom. The molecule has 0 spiro atoms. The van der Waals surface area contributed by atoms with Crippen molar-refractivity contribution in [3.8, 4) is 0 Å². The van der Waals surface area contributed by atoms with E-state index in [0.29, 0.717) is 12.8 Å². The van der Waals surface area contributed by atoms with Gasteiger partial charge in [0, 0.05) is 6.26 Å². The van der Waals surface area contributed by atoms with E-state index in [1.807, 2.05) is 0 Å². The summed E-state index contributed by atoms with van der Waals surface area (Å²) in [6, 6.07) is 2.15. The van der Waals surface area contributed by atoms with E-state index in [2.05, 4.69) is 0 Å². The predicted molar refractivity (Wildman–Crippen MR) is 100 cm³/mol. The van der Waals surface area contributed by atoms with Gasteiger partial charge in [-0.15, -0.1) is 11.6 Å². The van der Waals surface area contributed by atoms with Crippen LogP contribution in [0.2, 0.25) is 0 Å². The number of rotatable bonds is 6. The van der Waals surface area contributed by atoms with E-state index in [0.717, 1.165) is 31.6 Å². The predicted octanol–water partition coefficient (Wildman–Crippen LogP) is 4.87. The topological polar surface area (TPSA) is 60.4 Å². The fourth-order valence-corrected chi connectivity index (χ4v) is 4.96. The van der Waals surface area contributed by atoms with Crippen molar-refractivity contribution in [1.29, 1.82) is 0 Å². The number of carbonyl (C=O) groups is 1. The Kier molecular flexibility index (Phi) is 7.42. The molecule has 0 aliphatic heterocycles. The number of carbonyl (C=O) groups excluding carboxylic acids is 1. The minimum absolute atomic E-state index is 0.0420. The maximum atomic E-state index is 13.8. The third-order valence-corrected chi connectivity index (χ3v) is 6.35. The fraction of sp³-hybridized carbons (Fsp3) is 0.632. The van der Waals surface area contributed by atoms with Crippen LogP contribution in [0.4, 0.5) is 13.2 Å². The molecule has 0 aromatic heterocycles. The first kappa shape index (κ1) is 23.0. The molecule has 1 aliphatic carbocycles. The first-order valence-electron chi connectivity index (χ1n) is 9.20. The standard InChI is InChI=1S/C19H24ClF3O4S/c1-3-27-18(24)15(20)10-12-9-14(19(21,22)23)17(13-7-5-4-6-8-13)16(11-12)28(2,25)26/h9,11,13,15H,3-8,10H2,1-2H3. The largest absolute Gasteiger partial charge is 0.465 e. The van der Waals surface area contributed by atoms with Crippen molar-refractivity contribution in [3.63, 3.8) is 0 Å². The Morgan fingerprint density at radius 2 is 1.86 bits per heavy atom. The molecule has 2 rings (SSSR count). The molecule has 1 atom stereocenters. The first-order valence-corrected chi connectivity index (χ1v) is 11.5. The molecule has 1 unspecified atom stereocenters. The van der Waals surface area contributed by atoms with Crippen molar-refractivity contribution in [2.24, 2.45) is 0 Å². The van der Waals surface area contributed by atoms with Crippen LogP contribution in [0.15, 0.2) is 17.0 Å². The molecule has 9 heteroatoms. The third-order valence-electron chi connectivity index (χ3n) is 4.88. The van der Waals surface area contributed by atoms with Gasteiger partial charge in [0.2, 0.25) is 0 Å². The summed E-state index contributed by atoms with van der Waals surface area (Å²) in [5.74, 6) is -1.21. The summed E-state index contributed by atoms with van der Waals surface area (Å²) in [5, 5.41) is -1.20. The van der Waals surface area contributed by atoms with Crippen LogP contribution in [0.1, 0.15) is 61.6 Å². The lowest BCUT2D eigenvalue weighted by atomic mass is 9.81. The number of alkyl halides is 4. The molecular formula is C19H24ClF3O4S. The Labute approximate surface area is 168 Å². The van der Waals surface area contributed by atoms with Crippen molar-refractivity contribution in [3.05, 3.63) is 28.8 Å². The highest BCUT2D eigenvalue weighted by atomic mass is 35.5. The van der Waals surface area contributed by atoms with Gasteiger partial charge in [-0.05, 0) is 55.4 Å². The van der Waals surface area contributed by atoms with Gasteiger partial charge in [0.05, 0.1) is 17.1 Å². The number of hydrogen-bond acceptors (Lipinski definition) is 4. The highest BCUT2D eigenvalue weighted by Gasteiger charge is 2.39. The van der Waals surface area contributed by atoms with Gasteiger partial charge in [-0.2, -0.15) is 13.2 Å². The Balaban J connectivity index is 2.60. The van der Waals surface area contributed by atoms with Crippen LogP contribution in [0.25, 0.3) is 0 Å². The monoisotopic (exact) mass is 440 g/mol. The molecule has 0 N–H and O–H groups in total. The molecule has 4 nitrogen and oxygen atoms in total. The van der Waals surface area contributed by atoms with Gasteiger partial charge in [0.25, 0.3) is 0 Å². The van der Waals surface area contributed by atoms with Crippen LogP contribution in [-0.2, 0) is 32.0 Å². The second kappa shape index (κ2) is 9.03. The summed E-state index contributed by atoms with van der Waals surface area (Å²) in [6.07, 6.45) is -0.568. The van der Waals surface area contributed by atoms with Gasteiger partial charge in [0.15, 0.2) is 9.84 Å². The van der Waals surface area contributed by atoms with Gasteiger partial charge < -0.3 is 4.74 Å². The molecule has 1 aromatic rings. The third kappa shape index (κ3) is 5.63. The highest BCUT2D eigenvalue weighted by molar-refractivity contribution is 7.90. The van der Waals surface area contributed by atoms with E-state index in [-0.39, 0.29) is 29.1 Å². The Morgan fingerprint density at radius 1 is 1.25 bits per heavy atom. The zero-order chi connectivity index (χ0) is 21.1. The average Bonchev–Trinajstić information content (AvgIpc) is 2.60. The summed E-state index contributed by atoms with van der Waals surface area (Å²) in [6.45, 7) is 1.68. The van der Waals surface area contributed by atoms with E-state index in [1.165, 1.54) is 6.07 Å². The second-order valence-corrected chi connectivity index (χ2v) is 9.59. The smallest absolute Gasteiger partial charge is 0.416 e. The normalized spacial score (nSPS) is 17.4. The SMILES string of the molecule is CCOC(=O)C(Cl)Cc1cc(C(F)(F)F)c(C2CCCCC2)c(S(C)(=O)=O)c1. The minimum Gasteiger partial charge on any atom is -0.465 e. The van der Waals surface area contributed by atoms with Crippen LogP contribution >= 0.6 is 11.6 Å². The molecule has 0 heterocycles. The summed E-state index contributed by atoms with van der Waals surface area (Å²) < 4.78 is 71.0. The molecule has 0 saturated heterocycles. The van der Waals surface area contributed by atoms with Crippen molar-refractivity contribution in [2.45, 2.75) is 67.8 Å². The quantitative estimate of drug-likeness (QED) is 0.467. The van der Waals surface area contributed by atoms with Crippen molar-refractivity contribution < 1.29 is 31.1 Å². The van der Waals surface area contributed by atoms with E-state index in [1.54, 1.807) is 6.92 Å². The van der Waals surface area contributed by atoms with Crippen molar-refractivity contribution >= 4 is 27.4 Å². The van der Waals surface area contributed by atoms with Gasteiger partial charge in [-0.1, -0.05) is 19.3 Å². The lowest BCUT2D eigenvalue weighted by molar-refractivity contribution is -0.142. The second-order valence-electron chi connectivity index (χ2n) is 7.08. The number of hydrogen-bond donors (Lipinski definition) is 0. The van der Waals surface area contributed by atoms with Crippen LogP contribution < -0.4 is 0 Å². The molecule has 28 heavy (non-hydrogen) atoms. The lowest BCUT2D eigenvalue weighted by Crippen LogP contribution is -2.22. The average molecular weight is 441 g/mol. The maximum Gasteiger partial charge on any atom is 0.416 e. The van der Waals surface area contributed by atoms with E-state index in [9.17, 15) is 26.4 Å². The number of sulfone groups is 1. The molecule has 1 aromatic carbocycles. The zero-order valence-corrected chi connectivity index (χ0v) is 17.4. The summed E-state index contributed by atoms with van der Waals surface area (Å²) >= 11 is 5.96. The van der Waals surface area contributed by atoms with Gasteiger partial charge in [-0.3, -0.25) is 4.79 Å². The first-order chi connectivity index (χ1) is 12.9. The molecule has 0 bridgehead atoms. The van der Waals surface area contributed by atoms with Gasteiger partial charge in [0.1, 0.15) is 5.38 Å². The summed E-state index contributed by atoms with van der Waals surface area (Å²) in [7, 11) is -3.91. The molecule has 1 fully saturated rings. The van der Waals surface area contributed by atoms with Gasteiger partial charge >= 0.3 is 12.1 Å². The Hall–Kier alpha value is -1.28. The molecule has 0 amide bonds. The Bertz CT molecular complexity index is 815. The van der Waals surface area contributed by atoms with E-state index < -0.39 is 38.8 Å². The minimum atomic E-state index is -4.71. The van der Waals surface area contributed by atoms with E-state index in [4.69, 9.17) is 16.3 Å². The van der Waals surface area contributed by atoms with E-state index >= 15 is 0 Å².